The number of carbonyl (C=O) groups is 1. The molecule has 0 aliphatic heterocycles. The quantitative estimate of drug-likeness (QED) is 0.678. The second kappa shape index (κ2) is 8.27. The van der Waals surface area contributed by atoms with E-state index in [4.69, 9.17) is 16.1 Å². The van der Waals surface area contributed by atoms with Gasteiger partial charge in [0.05, 0.1) is 12.2 Å². The average molecular weight is 385 g/mol. The van der Waals surface area contributed by atoms with Crippen LogP contribution in [0.3, 0.4) is 0 Å². The SMILES string of the molecule is Cc1cc(CN(C)C(=O)C[C@@H](c2cccc(O)c2)c2ccccc2Cl)on1. The van der Waals surface area contributed by atoms with Crippen molar-refractivity contribution in [1.82, 2.24) is 10.1 Å². The van der Waals surface area contributed by atoms with Crippen molar-refractivity contribution in [3.63, 3.8) is 0 Å². The number of nitrogens with zero attached hydrogens (tertiary/aromatic N) is 2. The van der Waals surface area contributed by atoms with Gasteiger partial charge in [0.15, 0.2) is 5.76 Å². The predicted octanol–water partition coefficient (Wildman–Crippen LogP) is 4.52. The first-order valence-corrected chi connectivity index (χ1v) is 9.01. The molecule has 3 rings (SSSR count). The highest BCUT2D eigenvalue weighted by Crippen LogP contribution is 2.34. The molecule has 1 N–H and O–H groups in total. The number of phenols is 1. The van der Waals surface area contributed by atoms with E-state index < -0.39 is 0 Å². The molecular formula is C21H21ClN2O3. The highest BCUT2D eigenvalue weighted by molar-refractivity contribution is 6.31. The lowest BCUT2D eigenvalue weighted by molar-refractivity contribution is -0.130. The number of aromatic nitrogens is 1. The van der Waals surface area contributed by atoms with E-state index in [1.165, 1.54) is 0 Å². The van der Waals surface area contributed by atoms with E-state index in [9.17, 15) is 9.90 Å². The number of hydrogen-bond donors (Lipinski definition) is 1. The number of amides is 1. The molecule has 0 spiro atoms. The van der Waals surface area contributed by atoms with Crippen LogP contribution in [0.5, 0.6) is 5.75 Å². The Labute approximate surface area is 163 Å². The number of rotatable bonds is 6. The van der Waals surface area contributed by atoms with Gasteiger partial charge in [0, 0.05) is 30.5 Å². The van der Waals surface area contributed by atoms with Gasteiger partial charge in [0.1, 0.15) is 5.75 Å². The van der Waals surface area contributed by atoms with Crippen LogP contribution in [-0.4, -0.2) is 28.1 Å². The van der Waals surface area contributed by atoms with Gasteiger partial charge in [0.2, 0.25) is 5.91 Å². The van der Waals surface area contributed by atoms with E-state index in [-0.39, 0.29) is 24.0 Å². The summed E-state index contributed by atoms with van der Waals surface area (Å²) in [5.74, 6) is 0.465. The fourth-order valence-corrected chi connectivity index (χ4v) is 3.32. The molecule has 1 heterocycles. The summed E-state index contributed by atoms with van der Waals surface area (Å²) in [6.45, 7) is 2.18. The standard InChI is InChI=1S/C21H21ClN2O3/c1-14-10-17(27-23-14)13-24(2)21(26)12-19(15-6-5-7-16(25)11-15)18-8-3-4-9-20(18)22/h3-11,19,25H,12-13H2,1-2H3/t19-/m0/s1. The van der Waals surface area contributed by atoms with Crippen molar-refractivity contribution in [3.05, 3.63) is 82.2 Å². The second-order valence-electron chi connectivity index (χ2n) is 6.56. The van der Waals surface area contributed by atoms with Crippen LogP contribution in [0.25, 0.3) is 0 Å². The van der Waals surface area contributed by atoms with Gasteiger partial charge in [-0.2, -0.15) is 0 Å². The molecule has 1 atom stereocenters. The van der Waals surface area contributed by atoms with Gasteiger partial charge in [-0.1, -0.05) is 47.1 Å². The lowest BCUT2D eigenvalue weighted by Crippen LogP contribution is -2.27. The third kappa shape index (κ3) is 4.68. The van der Waals surface area contributed by atoms with Crippen LogP contribution in [0, 0.1) is 6.92 Å². The Morgan fingerprint density at radius 1 is 1.22 bits per heavy atom. The summed E-state index contributed by atoms with van der Waals surface area (Å²) in [5.41, 5.74) is 2.46. The van der Waals surface area contributed by atoms with Crippen LogP contribution in [0.2, 0.25) is 5.02 Å². The normalized spacial score (nSPS) is 12.0. The maximum atomic E-state index is 12.9. The van der Waals surface area contributed by atoms with E-state index in [2.05, 4.69) is 5.16 Å². The molecule has 5 nitrogen and oxygen atoms in total. The summed E-state index contributed by atoms with van der Waals surface area (Å²) in [6.07, 6.45) is 0.219. The van der Waals surface area contributed by atoms with Gasteiger partial charge in [-0.3, -0.25) is 4.79 Å². The number of halogens is 1. The van der Waals surface area contributed by atoms with Gasteiger partial charge < -0.3 is 14.5 Å². The molecule has 27 heavy (non-hydrogen) atoms. The lowest BCUT2D eigenvalue weighted by Gasteiger charge is -2.22. The molecule has 0 fully saturated rings. The molecule has 0 radical (unpaired) electrons. The van der Waals surface area contributed by atoms with E-state index in [1.807, 2.05) is 37.3 Å². The van der Waals surface area contributed by atoms with Crippen molar-refractivity contribution in [2.75, 3.05) is 7.05 Å². The average Bonchev–Trinajstić information content (AvgIpc) is 3.05. The fraction of sp³-hybridized carbons (Fsp3) is 0.238. The van der Waals surface area contributed by atoms with Crippen molar-refractivity contribution in [2.24, 2.45) is 0 Å². The molecule has 3 aromatic rings. The van der Waals surface area contributed by atoms with Gasteiger partial charge in [0.25, 0.3) is 0 Å². The Bertz CT molecular complexity index is 938. The van der Waals surface area contributed by atoms with Crippen LogP contribution >= 0.6 is 11.6 Å². The van der Waals surface area contributed by atoms with Crippen molar-refractivity contribution in [3.8, 4) is 5.75 Å². The van der Waals surface area contributed by atoms with E-state index in [1.54, 1.807) is 36.2 Å². The third-order valence-corrected chi connectivity index (χ3v) is 4.77. The molecule has 0 aliphatic rings. The van der Waals surface area contributed by atoms with Crippen LogP contribution in [-0.2, 0) is 11.3 Å². The van der Waals surface area contributed by atoms with Gasteiger partial charge in [-0.15, -0.1) is 0 Å². The second-order valence-corrected chi connectivity index (χ2v) is 6.96. The summed E-state index contributed by atoms with van der Waals surface area (Å²) in [5, 5.41) is 14.3. The monoisotopic (exact) mass is 384 g/mol. The number of aryl methyl sites for hydroxylation is 1. The smallest absolute Gasteiger partial charge is 0.223 e. The number of phenolic OH excluding ortho intramolecular Hbond substituents is 1. The summed E-state index contributed by atoms with van der Waals surface area (Å²) >= 11 is 6.39. The van der Waals surface area contributed by atoms with Gasteiger partial charge >= 0.3 is 0 Å². The lowest BCUT2D eigenvalue weighted by atomic mass is 9.88. The van der Waals surface area contributed by atoms with Gasteiger partial charge in [-0.05, 0) is 36.2 Å². The number of benzene rings is 2. The summed E-state index contributed by atoms with van der Waals surface area (Å²) in [6, 6.07) is 16.2. The zero-order valence-corrected chi connectivity index (χ0v) is 16.0. The Morgan fingerprint density at radius 3 is 2.67 bits per heavy atom. The first kappa shape index (κ1) is 19.0. The molecule has 0 saturated heterocycles. The van der Waals surface area contributed by atoms with Crippen LogP contribution in [0.4, 0.5) is 0 Å². The first-order chi connectivity index (χ1) is 12.9. The minimum absolute atomic E-state index is 0.0580. The molecule has 0 aliphatic carbocycles. The van der Waals surface area contributed by atoms with E-state index in [0.29, 0.717) is 17.3 Å². The fourth-order valence-electron chi connectivity index (χ4n) is 3.05. The van der Waals surface area contributed by atoms with Crippen molar-refractivity contribution in [1.29, 1.82) is 0 Å². The predicted molar refractivity (Wildman–Crippen MR) is 104 cm³/mol. The van der Waals surface area contributed by atoms with Crippen molar-refractivity contribution >= 4 is 17.5 Å². The zero-order valence-electron chi connectivity index (χ0n) is 15.2. The summed E-state index contributed by atoms with van der Waals surface area (Å²) in [4.78, 5) is 14.5. The number of hydrogen-bond acceptors (Lipinski definition) is 4. The molecule has 0 bridgehead atoms. The minimum atomic E-state index is -0.266. The Hall–Kier alpha value is -2.79. The van der Waals surface area contributed by atoms with Crippen LogP contribution in [0.1, 0.15) is 34.9 Å². The Morgan fingerprint density at radius 2 is 2.00 bits per heavy atom. The zero-order chi connectivity index (χ0) is 19.4. The van der Waals surface area contributed by atoms with E-state index >= 15 is 0 Å². The Balaban J connectivity index is 1.85. The Kier molecular flexibility index (Phi) is 5.81. The molecule has 6 heteroatoms. The molecule has 140 valence electrons. The molecule has 1 aromatic heterocycles. The van der Waals surface area contributed by atoms with Crippen LogP contribution in [0.15, 0.2) is 59.1 Å². The highest BCUT2D eigenvalue weighted by Gasteiger charge is 2.23. The van der Waals surface area contributed by atoms with Crippen molar-refractivity contribution in [2.45, 2.75) is 25.8 Å². The van der Waals surface area contributed by atoms with Crippen molar-refractivity contribution < 1.29 is 14.4 Å². The number of carbonyl (C=O) groups excluding carboxylic acids is 1. The minimum Gasteiger partial charge on any atom is -0.508 e. The van der Waals surface area contributed by atoms with Crippen LogP contribution < -0.4 is 0 Å². The maximum absolute atomic E-state index is 12.9. The highest BCUT2D eigenvalue weighted by atomic mass is 35.5. The van der Waals surface area contributed by atoms with E-state index in [0.717, 1.165) is 16.8 Å². The molecule has 0 saturated carbocycles. The largest absolute Gasteiger partial charge is 0.508 e. The number of aromatic hydroxyl groups is 1. The molecular weight excluding hydrogens is 364 g/mol. The maximum Gasteiger partial charge on any atom is 0.223 e. The summed E-state index contributed by atoms with van der Waals surface area (Å²) < 4.78 is 5.20. The molecule has 0 unspecified atom stereocenters. The summed E-state index contributed by atoms with van der Waals surface area (Å²) in [7, 11) is 1.73. The molecule has 1 amide bonds. The molecule has 2 aromatic carbocycles. The van der Waals surface area contributed by atoms with Gasteiger partial charge in [-0.25, -0.2) is 0 Å². The topological polar surface area (TPSA) is 66.6 Å². The third-order valence-electron chi connectivity index (χ3n) is 4.43. The first-order valence-electron chi connectivity index (χ1n) is 8.63.